The van der Waals surface area contributed by atoms with Crippen molar-refractivity contribution in [3.05, 3.63) is 65.7 Å². The lowest BCUT2D eigenvalue weighted by atomic mass is 9.96. The minimum atomic E-state index is -0.140. The molecule has 0 aliphatic rings. The van der Waals surface area contributed by atoms with Crippen LogP contribution in [-0.4, -0.2) is 13.0 Å². The van der Waals surface area contributed by atoms with Gasteiger partial charge >= 0.3 is 0 Å². The van der Waals surface area contributed by atoms with Gasteiger partial charge in [-0.05, 0) is 42.5 Å². The van der Waals surface area contributed by atoms with E-state index in [1.807, 2.05) is 44.3 Å². The zero-order valence-corrected chi connectivity index (χ0v) is 13.9. The molecule has 116 valence electrons. The zero-order chi connectivity index (χ0) is 16.1. The van der Waals surface area contributed by atoms with Crippen molar-refractivity contribution in [2.75, 3.05) is 11.9 Å². The van der Waals surface area contributed by atoms with Gasteiger partial charge in [-0.1, -0.05) is 56.3 Å². The summed E-state index contributed by atoms with van der Waals surface area (Å²) < 4.78 is 0. The van der Waals surface area contributed by atoms with E-state index in [1.165, 1.54) is 5.56 Å². The van der Waals surface area contributed by atoms with Crippen molar-refractivity contribution in [2.24, 2.45) is 5.92 Å². The lowest BCUT2D eigenvalue weighted by Crippen LogP contribution is -2.30. The van der Waals surface area contributed by atoms with E-state index in [2.05, 4.69) is 38.1 Å². The Morgan fingerprint density at radius 3 is 2.09 bits per heavy atom. The average molecular weight is 295 g/mol. The normalized spacial score (nSPS) is 12.2. The fourth-order valence-corrected chi connectivity index (χ4v) is 2.63. The van der Waals surface area contributed by atoms with Crippen LogP contribution in [-0.2, 0) is 11.2 Å². The third-order valence-electron chi connectivity index (χ3n) is 3.97. The van der Waals surface area contributed by atoms with Crippen LogP contribution in [0.3, 0.4) is 0 Å². The van der Waals surface area contributed by atoms with Gasteiger partial charge in [0, 0.05) is 12.7 Å². The van der Waals surface area contributed by atoms with Crippen LogP contribution in [0.25, 0.3) is 0 Å². The molecule has 1 amide bonds. The van der Waals surface area contributed by atoms with Crippen molar-refractivity contribution in [3.63, 3.8) is 0 Å². The highest BCUT2D eigenvalue weighted by Gasteiger charge is 2.20. The molecule has 0 fully saturated rings. The highest BCUT2D eigenvalue weighted by molar-refractivity contribution is 5.97. The van der Waals surface area contributed by atoms with Gasteiger partial charge in [-0.2, -0.15) is 0 Å². The number of carbonyl (C=O) groups excluding carboxylic acids is 1. The van der Waals surface area contributed by atoms with Gasteiger partial charge < -0.3 is 4.90 Å². The molecule has 0 aromatic heterocycles. The largest absolute Gasteiger partial charge is 0.315 e. The number of para-hydroxylation sites is 1. The van der Waals surface area contributed by atoms with Crippen molar-refractivity contribution in [3.8, 4) is 0 Å². The number of amides is 1. The van der Waals surface area contributed by atoms with E-state index in [-0.39, 0.29) is 11.8 Å². The van der Waals surface area contributed by atoms with E-state index in [1.54, 1.807) is 4.90 Å². The Kier molecular flexibility index (Phi) is 5.37. The first-order valence-corrected chi connectivity index (χ1v) is 7.90. The van der Waals surface area contributed by atoms with Gasteiger partial charge in [-0.25, -0.2) is 0 Å². The fourth-order valence-electron chi connectivity index (χ4n) is 2.63. The monoisotopic (exact) mass is 295 g/mol. The van der Waals surface area contributed by atoms with Crippen LogP contribution in [0.5, 0.6) is 0 Å². The van der Waals surface area contributed by atoms with Crippen molar-refractivity contribution in [2.45, 2.75) is 33.1 Å². The van der Waals surface area contributed by atoms with Crippen molar-refractivity contribution >= 4 is 11.6 Å². The van der Waals surface area contributed by atoms with Crippen LogP contribution < -0.4 is 4.90 Å². The second-order valence-electron chi connectivity index (χ2n) is 6.29. The molecule has 0 saturated heterocycles. The zero-order valence-electron chi connectivity index (χ0n) is 13.9. The van der Waals surface area contributed by atoms with Crippen LogP contribution >= 0.6 is 0 Å². The predicted octanol–water partition coefficient (Wildman–Crippen LogP) is 4.65. The van der Waals surface area contributed by atoms with Gasteiger partial charge in [0.2, 0.25) is 5.91 Å². The number of benzene rings is 2. The topological polar surface area (TPSA) is 20.3 Å². The first kappa shape index (κ1) is 16.3. The van der Waals surface area contributed by atoms with Crippen LogP contribution in [0.2, 0.25) is 0 Å². The first-order valence-electron chi connectivity index (χ1n) is 7.90. The lowest BCUT2D eigenvalue weighted by Gasteiger charge is -2.22. The highest BCUT2D eigenvalue weighted by atomic mass is 16.2. The van der Waals surface area contributed by atoms with Crippen molar-refractivity contribution < 1.29 is 4.79 Å². The fraction of sp³-hybridized carbons (Fsp3) is 0.350. The van der Waals surface area contributed by atoms with E-state index < -0.39 is 0 Å². The minimum Gasteiger partial charge on any atom is -0.315 e. The van der Waals surface area contributed by atoms with Crippen LogP contribution in [0.15, 0.2) is 54.6 Å². The van der Waals surface area contributed by atoms with Crippen LogP contribution in [0.1, 0.15) is 37.8 Å². The van der Waals surface area contributed by atoms with Gasteiger partial charge in [0.25, 0.3) is 0 Å². The van der Waals surface area contributed by atoms with E-state index >= 15 is 0 Å². The molecule has 0 radical (unpaired) electrons. The molecule has 0 N–H and O–H groups in total. The Labute approximate surface area is 133 Å². The second kappa shape index (κ2) is 7.26. The molecule has 1 atom stereocenters. The maximum absolute atomic E-state index is 12.6. The predicted molar refractivity (Wildman–Crippen MR) is 93.3 cm³/mol. The molecule has 0 bridgehead atoms. The molecule has 0 unspecified atom stereocenters. The smallest absolute Gasteiger partial charge is 0.233 e. The summed E-state index contributed by atoms with van der Waals surface area (Å²) in [5.74, 6) is 0.621. The molecule has 0 aliphatic carbocycles. The SMILES string of the molecule is CC(C)Cc1ccc([C@H](C)C(=O)N(C)c2ccccc2)cc1. The van der Waals surface area contributed by atoms with E-state index in [9.17, 15) is 4.79 Å². The molecule has 0 spiro atoms. The molecular weight excluding hydrogens is 270 g/mol. The van der Waals surface area contributed by atoms with Gasteiger partial charge in [-0.3, -0.25) is 4.79 Å². The number of hydrogen-bond donors (Lipinski definition) is 0. The number of hydrogen-bond acceptors (Lipinski definition) is 1. The quantitative estimate of drug-likeness (QED) is 0.786. The van der Waals surface area contributed by atoms with E-state index in [0.717, 1.165) is 17.7 Å². The number of likely N-dealkylation sites (N-methyl/N-ethyl adjacent to an activating group) is 1. The number of nitrogens with zero attached hydrogens (tertiary/aromatic N) is 1. The molecule has 0 saturated carbocycles. The molecule has 2 rings (SSSR count). The lowest BCUT2D eigenvalue weighted by molar-refractivity contribution is -0.119. The summed E-state index contributed by atoms with van der Waals surface area (Å²) in [6.45, 7) is 6.41. The van der Waals surface area contributed by atoms with Crippen molar-refractivity contribution in [1.82, 2.24) is 0 Å². The van der Waals surface area contributed by atoms with Crippen LogP contribution in [0.4, 0.5) is 5.69 Å². The number of anilines is 1. The summed E-state index contributed by atoms with van der Waals surface area (Å²) in [5, 5.41) is 0. The highest BCUT2D eigenvalue weighted by Crippen LogP contribution is 2.22. The molecule has 2 aromatic carbocycles. The number of carbonyl (C=O) groups is 1. The Morgan fingerprint density at radius 1 is 0.955 bits per heavy atom. The number of rotatable bonds is 5. The molecule has 2 nitrogen and oxygen atoms in total. The van der Waals surface area contributed by atoms with Crippen LogP contribution in [0, 0.1) is 5.92 Å². The molecule has 0 heterocycles. The third-order valence-corrected chi connectivity index (χ3v) is 3.97. The molecule has 0 aliphatic heterocycles. The van der Waals surface area contributed by atoms with E-state index in [0.29, 0.717) is 5.92 Å². The summed E-state index contributed by atoms with van der Waals surface area (Å²) in [7, 11) is 1.83. The molecule has 2 aromatic rings. The summed E-state index contributed by atoms with van der Waals surface area (Å²) in [5.41, 5.74) is 3.32. The maximum Gasteiger partial charge on any atom is 0.233 e. The van der Waals surface area contributed by atoms with E-state index in [4.69, 9.17) is 0 Å². The second-order valence-corrected chi connectivity index (χ2v) is 6.29. The summed E-state index contributed by atoms with van der Waals surface area (Å²) in [4.78, 5) is 14.4. The summed E-state index contributed by atoms with van der Waals surface area (Å²) >= 11 is 0. The Bertz CT molecular complexity index is 601. The summed E-state index contributed by atoms with van der Waals surface area (Å²) in [6.07, 6.45) is 1.08. The Balaban J connectivity index is 2.10. The standard InChI is InChI=1S/C20H25NO/c1-15(2)14-17-10-12-18(13-11-17)16(3)20(22)21(4)19-8-6-5-7-9-19/h5-13,15-16H,14H2,1-4H3/t16-/m0/s1. The van der Waals surface area contributed by atoms with Crippen molar-refractivity contribution in [1.29, 1.82) is 0 Å². The van der Waals surface area contributed by atoms with Gasteiger partial charge in [0.15, 0.2) is 0 Å². The first-order chi connectivity index (χ1) is 10.5. The minimum absolute atomic E-state index is 0.114. The molecule has 2 heteroatoms. The molecular formula is C20H25NO. The Hall–Kier alpha value is -2.09. The maximum atomic E-state index is 12.6. The van der Waals surface area contributed by atoms with Gasteiger partial charge in [0.05, 0.1) is 5.92 Å². The third kappa shape index (κ3) is 3.97. The van der Waals surface area contributed by atoms with Gasteiger partial charge in [0.1, 0.15) is 0 Å². The Morgan fingerprint density at radius 2 is 1.55 bits per heavy atom. The van der Waals surface area contributed by atoms with Gasteiger partial charge in [-0.15, -0.1) is 0 Å². The molecule has 22 heavy (non-hydrogen) atoms. The average Bonchev–Trinajstić information content (AvgIpc) is 2.54. The summed E-state index contributed by atoms with van der Waals surface area (Å²) in [6, 6.07) is 18.2.